The number of benzene rings is 1. The first kappa shape index (κ1) is 11.4. The van der Waals surface area contributed by atoms with Crippen molar-refractivity contribution in [1.82, 2.24) is 0 Å². The Morgan fingerprint density at radius 2 is 2.31 bits per heavy atom. The van der Waals surface area contributed by atoms with Gasteiger partial charge in [0.1, 0.15) is 5.75 Å². The summed E-state index contributed by atoms with van der Waals surface area (Å²) in [5.41, 5.74) is 1.03. The third kappa shape index (κ3) is 1.90. The fourth-order valence-electron chi connectivity index (χ4n) is 1.93. The average Bonchev–Trinajstić information content (AvgIpc) is 2.55. The molecule has 1 aliphatic rings. The molecule has 0 saturated heterocycles. The van der Waals surface area contributed by atoms with Crippen molar-refractivity contribution >= 4 is 12.6 Å². The molecule has 1 heterocycles. The van der Waals surface area contributed by atoms with Crippen molar-refractivity contribution in [3.05, 3.63) is 23.8 Å². The minimum atomic E-state index is -2.46. The first-order chi connectivity index (χ1) is 7.63. The van der Waals surface area contributed by atoms with E-state index in [0.717, 1.165) is 0 Å². The minimum Gasteiger partial charge on any atom is -0.497 e. The Morgan fingerprint density at radius 1 is 1.56 bits per heavy atom. The zero-order valence-corrected chi connectivity index (χ0v) is 8.69. The van der Waals surface area contributed by atoms with E-state index in [2.05, 4.69) is 0 Å². The van der Waals surface area contributed by atoms with Crippen LogP contribution in [0.3, 0.4) is 0 Å². The Morgan fingerprint density at radius 3 is 2.94 bits per heavy atom. The lowest BCUT2D eigenvalue weighted by atomic mass is 9.78. The van der Waals surface area contributed by atoms with E-state index in [-0.39, 0.29) is 0 Å². The molecule has 0 amide bonds. The second-order valence-corrected chi connectivity index (χ2v) is 3.57. The van der Waals surface area contributed by atoms with Gasteiger partial charge in [0.15, 0.2) is 0 Å². The molecule has 1 unspecified atom stereocenters. The maximum Gasteiger partial charge on any atom is 0.495 e. The molecular weight excluding hydrogens is 217 g/mol. The van der Waals surface area contributed by atoms with E-state index in [9.17, 15) is 13.8 Å². The molecule has 1 aliphatic heterocycles. The van der Waals surface area contributed by atoms with Gasteiger partial charge in [0.25, 0.3) is 0 Å². The predicted molar refractivity (Wildman–Crippen MR) is 55.0 cm³/mol. The Labute approximate surface area is 92.1 Å². The topological polar surface area (TPSA) is 38.7 Å². The Hall–Kier alpha value is -1.14. The molecule has 1 atom stereocenters. The largest absolute Gasteiger partial charge is 0.497 e. The van der Waals surface area contributed by atoms with E-state index < -0.39 is 26.1 Å². The van der Waals surface area contributed by atoms with Gasteiger partial charge in [0.2, 0.25) is 6.43 Å². The molecule has 0 saturated carbocycles. The van der Waals surface area contributed by atoms with Crippen molar-refractivity contribution in [2.24, 2.45) is 0 Å². The Balaban J connectivity index is 2.35. The second kappa shape index (κ2) is 4.39. The Kier molecular flexibility index (Phi) is 3.11. The molecule has 0 fully saturated rings. The van der Waals surface area contributed by atoms with Crippen molar-refractivity contribution in [3.63, 3.8) is 0 Å². The van der Waals surface area contributed by atoms with Crippen molar-refractivity contribution in [1.29, 1.82) is 0 Å². The zero-order valence-electron chi connectivity index (χ0n) is 8.69. The molecule has 1 aromatic carbocycles. The maximum absolute atomic E-state index is 12.3. The summed E-state index contributed by atoms with van der Waals surface area (Å²) in [6, 6.07) is 5.02. The number of ether oxygens (including phenoxy) is 1. The number of hydrogen-bond acceptors (Lipinski definition) is 3. The number of fused-ring (bicyclic) bond motifs is 1. The van der Waals surface area contributed by atoms with Gasteiger partial charge in [-0.2, -0.15) is 0 Å². The van der Waals surface area contributed by atoms with E-state index in [1.807, 2.05) is 0 Å². The smallest absolute Gasteiger partial charge is 0.495 e. The van der Waals surface area contributed by atoms with Gasteiger partial charge in [-0.3, -0.25) is 0 Å². The number of hydrogen-bond donors (Lipinski definition) is 1. The normalized spacial score (nSPS) is 19.1. The summed E-state index contributed by atoms with van der Waals surface area (Å²) in [6.45, 7) is 0. The molecule has 2 rings (SSSR count). The highest BCUT2D eigenvalue weighted by Gasteiger charge is 2.38. The van der Waals surface area contributed by atoms with E-state index in [0.29, 0.717) is 16.8 Å². The highest BCUT2D eigenvalue weighted by Crippen LogP contribution is 2.31. The molecule has 1 aromatic rings. The van der Waals surface area contributed by atoms with Crippen LogP contribution in [0.5, 0.6) is 5.75 Å². The van der Waals surface area contributed by atoms with Crippen molar-refractivity contribution in [2.75, 3.05) is 7.11 Å². The van der Waals surface area contributed by atoms with Crippen molar-refractivity contribution < 1.29 is 23.2 Å². The van der Waals surface area contributed by atoms with Crippen molar-refractivity contribution in [2.45, 2.75) is 19.0 Å². The molecule has 3 nitrogen and oxygen atoms in total. The summed E-state index contributed by atoms with van der Waals surface area (Å²) in [6.07, 6.45) is -3.65. The summed E-state index contributed by atoms with van der Waals surface area (Å²) in [4.78, 5) is 0. The molecule has 6 heteroatoms. The van der Waals surface area contributed by atoms with Crippen LogP contribution in [-0.2, 0) is 4.65 Å². The van der Waals surface area contributed by atoms with Crippen LogP contribution in [0.2, 0.25) is 0 Å². The predicted octanol–water partition coefficient (Wildman–Crippen LogP) is 1.11. The monoisotopic (exact) mass is 228 g/mol. The third-order valence-electron chi connectivity index (χ3n) is 2.60. The van der Waals surface area contributed by atoms with Crippen molar-refractivity contribution in [3.8, 4) is 5.75 Å². The quantitative estimate of drug-likeness (QED) is 0.787. The van der Waals surface area contributed by atoms with Gasteiger partial charge in [-0.1, -0.05) is 12.1 Å². The van der Waals surface area contributed by atoms with E-state index in [1.165, 1.54) is 7.11 Å². The van der Waals surface area contributed by atoms with Gasteiger partial charge in [0, 0.05) is 11.9 Å². The number of rotatable bonds is 3. The summed E-state index contributed by atoms with van der Waals surface area (Å²) >= 11 is 0. The summed E-state index contributed by atoms with van der Waals surface area (Å²) in [5, 5.41) is 9.63. The zero-order chi connectivity index (χ0) is 11.7. The summed E-state index contributed by atoms with van der Waals surface area (Å²) in [5.74, 6) is 0.460. The van der Waals surface area contributed by atoms with Crippen LogP contribution in [-0.4, -0.2) is 25.7 Å². The second-order valence-electron chi connectivity index (χ2n) is 3.57. The molecule has 16 heavy (non-hydrogen) atoms. The van der Waals surface area contributed by atoms with Gasteiger partial charge in [-0.05, 0) is 11.6 Å². The third-order valence-corrected chi connectivity index (χ3v) is 2.60. The number of halogens is 2. The first-order valence-corrected chi connectivity index (χ1v) is 4.92. The molecule has 0 spiro atoms. The van der Waals surface area contributed by atoms with E-state index in [1.54, 1.807) is 18.2 Å². The fraction of sp³-hybridized carbons (Fsp3) is 0.400. The van der Waals surface area contributed by atoms with Gasteiger partial charge < -0.3 is 14.4 Å². The van der Waals surface area contributed by atoms with Crippen LogP contribution in [0.1, 0.15) is 18.1 Å². The summed E-state index contributed by atoms with van der Waals surface area (Å²) < 4.78 is 34.7. The SMILES string of the molecule is COc1cccc2c1B(O)OC2CC(F)F. The van der Waals surface area contributed by atoms with Gasteiger partial charge in [0.05, 0.1) is 13.2 Å². The van der Waals surface area contributed by atoms with Crippen LogP contribution in [0.4, 0.5) is 8.78 Å². The van der Waals surface area contributed by atoms with Gasteiger partial charge in [-0.15, -0.1) is 0 Å². The summed E-state index contributed by atoms with van der Waals surface area (Å²) in [7, 11) is 0.276. The van der Waals surface area contributed by atoms with E-state index in [4.69, 9.17) is 9.39 Å². The van der Waals surface area contributed by atoms with Gasteiger partial charge in [-0.25, -0.2) is 8.78 Å². The molecule has 1 N–H and O–H groups in total. The van der Waals surface area contributed by atoms with Crippen LogP contribution in [0.25, 0.3) is 0 Å². The molecule has 0 aliphatic carbocycles. The Bertz CT molecular complexity index is 386. The number of methoxy groups -OCH3 is 1. The first-order valence-electron chi connectivity index (χ1n) is 4.92. The number of alkyl halides is 2. The van der Waals surface area contributed by atoms with Gasteiger partial charge >= 0.3 is 7.12 Å². The molecule has 0 aromatic heterocycles. The molecule has 0 bridgehead atoms. The van der Waals surface area contributed by atoms with E-state index >= 15 is 0 Å². The lowest BCUT2D eigenvalue weighted by Gasteiger charge is -2.11. The lowest BCUT2D eigenvalue weighted by Crippen LogP contribution is -2.29. The lowest BCUT2D eigenvalue weighted by molar-refractivity contribution is 0.0709. The van der Waals surface area contributed by atoms with Crippen LogP contribution >= 0.6 is 0 Å². The highest BCUT2D eigenvalue weighted by molar-refractivity contribution is 6.62. The molecule has 0 radical (unpaired) electrons. The van der Waals surface area contributed by atoms with Crippen LogP contribution < -0.4 is 10.2 Å². The average molecular weight is 228 g/mol. The van der Waals surface area contributed by atoms with Crippen LogP contribution in [0, 0.1) is 0 Å². The minimum absolute atomic E-state index is 0.419. The standard InChI is InChI=1S/C10H11BF2O3/c1-15-7-4-2-3-6-8(5-9(12)13)16-11(14)10(6)7/h2-4,8-9,14H,5H2,1H3. The molecule has 86 valence electrons. The highest BCUT2D eigenvalue weighted by atomic mass is 19.3. The fourth-order valence-corrected chi connectivity index (χ4v) is 1.93. The maximum atomic E-state index is 12.3. The molecular formula is C10H11BF2O3. The van der Waals surface area contributed by atoms with Crippen LogP contribution in [0.15, 0.2) is 18.2 Å².